The Labute approximate surface area is 138 Å². The molecular weight excluding hydrogens is 312 g/mol. The first-order chi connectivity index (χ1) is 11.8. The maximum atomic E-state index is 12.6. The summed E-state index contributed by atoms with van der Waals surface area (Å²) in [6.45, 7) is 1.56. The van der Waals surface area contributed by atoms with E-state index in [1.807, 2.05) is 4.90 Å². The van der Waals surface area contributed by atoms with Gasteiger partial charge in [-0.2, -0.15) is 0 Å². The SMILES string of the molecule is O=C(c1ccno1)N1CCO[C@@H]2[C@@H](COc3ncccn3)CC[C@@H]21. The highest BCUT2D eigenvalue weighted by atomic mass is 16.5. The van der Waals surface area contributed by atoms with Gasteiger partial charge in [0.05, 0.1) is 31.6 Å². The van der Waals surface area contributed by atoms with E-state index in [2.05, 4.69) is 15.1 Å². The number of nitrogens with zero attached hydrogens (tertiary/aromatic N) is 4. The van der Waals surface area contributed by atoms with Crippen LogP contribution in [-0.2, 0) is 4.74 Å². The van der Waals surface area contributed by atoms with Crippen LogP contribution in [0, 0.1) is 5.92 Å². The lowest BCUT2D eigenvalue weighted by Crippen LogP contribution is -2.53. The highest BCUT2D eigenvalue weighted by Crippen LogP contribution is 2.35. The van der Waals surface area contributed by atoms with E-state index < -0.39 is 0 Å². The van der Waals surface area contributed by atoms with Crippen molar-refractivity contribution in [2.75, 3.05) is 19.8 Å². The number of carbonyl (C=O) groups is 1. The van der Waals surface area contributed by atoms with Crippen molar-refractivity contribution >= 4 is 5.91 Å². The van der Waals surface area contributed by atoms with Gasteiger partial charge in [-0.3, -0.25) is 4.79 Å². The minimum Gasteiger partial charge on any atom is -0.463 e. The molecule has 0 N–H and O–H groups in total. The molecule has 0 radical (unpaired) electrons. The van der Waals surface area contributed by atoms with Gasteiger partial charge in [-0.15, -0.1) is 0 Å². The van der Waals surface area contributed by atoms with E-state index in [9.17, 15) is 4.79 Å². The fourth-order valence-electron chi connectivity index (χ4n) is 3.50. The van der Waals surface area contributed by atoms with Crippen molar-refractivity contribution in [1.82, 2.24) is 20.0 Å². The van der Waals surface area contributed by atoms with Crippen LogP contribution in [0.25, 0.3) is 0 Å². The quantitative estimate of drug-likeness (QED) is 0.831. The number of rotatable bonds is 4. The molecule has 1 aliphatic carbocycles. The van der Waals surface area contributed by atoms with Gasteiger partial charge >= 0.3 is 6.01 Å². The molecule has 126 valence electrons. The molecule has 3 atom stereocenters. The van der Waals surface area contributed by atoms with Gasteiger partial charge in [0, 0.05) is 30.9 Å². The zero-order valence-corrected chi connectivity index (χ0v) is 13.1. The van der Waals surface area contributed by atoms with Crippen molar-refractivity contribution in [3.05, 3.63) is 36.5 Å². The summed E-state index contributed by atoms with van der Waals surface area (Å²) in [4.78, 5) is 22.5. The normalized spacial score (nSPS) is 26.2. The highest BCUT2D eigenvalue weighted by Gasteiger charge is 2.45. The number of hydrogen-bond donors (Lipinski definition) is 0. The average Bonchev–Trinajstić information content (AvgIpc) is 3.30. The molecular formula is C16H18N4O4. The third-order valence-electron chi connectivity index (χ3n) is 4.60. The van der Waals surface area contributed by atoms with Crippen LogP contribution in [0.1, 0.15) is 23.4 Å². The molecule has 8 nitrogen and oxygen atoms in total. The predicted molar refractivity (Wildman–Crippen MR) is 81.3 cm³/mol. The number of amides is 1. The van der Waals surface area contributed by atoms with Crippen molar-refractivity contribution in [2.24, 2.45) is 5.92 Å². The largest absolute Gasteiger partial charge is 0.463 e. The number of ether oxygens (including phenoxy) is 2. The van der Waals surface area contributed by atoms with Gasteiger partial charge in [0.1, 0.15) is 0 Å². The molecule has 2 aromatic rings. The third-order valence-corrected chi connectivity index (χ3v) is 4.60. The van der Waals surface area contributed by atoms with Crippen molar-refractivity contribution < 1.29 is 18.8 Å². The summed E-state index contributed by atoms with van der Waals surface area (Å²) < 4.78 is 16.6. The Morgan fingerprint density at radius 2 is 2.17 bits per heavy atom. The van der Waals surface area contributed by atoms with Crippen molar-refractivity contribution in [3.8, 4) is 6.01 Å². The first kappa shape index (κ1) is 15.1. The van der Waals surface area contributed by atoms with Crippen LogP contribution < -0.4 is 4.74 Å². The minimum atomic E-state index is -0.126. The fraction of sp³-hybridized carbons (Fsp3) is 0.500. The Kier molecular flexibility index (Phi) is 4.12. The molecule has 1 saturated heterocycles. The molecule has 0 bridgehead atoms. The predicted octanol–water partition coefficient (Wildman–Crippen LogP) is 1.16. The molecule has 2 aromatic heterocycles. The Morgan fingerprint density at radius 1 is 1.29 bits per heavy atom. The molecule has 2 fully saturated rings. The maximum Gasteiger partial charge on any atom is 0.316 e. The zero-order valence-electron chi connectivity index (χ0n) is 13.1. The summed E-state index contributed by atoms with van der Waals surface area (Å²) in [5.41, 5.74) is 0. The summed E-state index contributed by atoms with van der Waals surface area (Å²) in [6, 6.07) is 3.75. The van der Waals surface area contributed by atoms with Crippen molar-refractivity contribution in [1.29, 1.82) is 0 Å². The van der Waals surface area contributed by atoms with Gasteiger partial charge in [0.15, 0.2) is 0 Å². The molecule has 1 saturated carbocycles. The first-order valence-electron chi connectivity index (χ1n) is 8.06. The number of hydrogen-bond acceptors (Lipinski definition) is 7. The monoisotopic (exact) mass is 330 g/mol. The fourth-order valence-corrected chi connectivity index (χ4v) is 3.50. The average molecular weight is 330 g/mol. The number of carbonyl (C=O) groups excluding carboxylic acids is 1. The van der Waals surface area contributed by atoms with Crippen molar-refractivity contribution in [2.45, 2.75) is 25.0 Å². The summed E-state index contributed by atoms with van der Waals surface area (Å²) in [7, 11) is 0. The van der Waals surface area contributed by atoms with Crippen LogP contribution in [0.3, 0.4) is 0 Å². The van der Waals surface area contributed by atoms with Crippen LogP contribution in [0.4, 0.5) is 0 Å². The third kappa shape index (κ3) is 2.84. The lowest BCUT2D eigenvalue weighted by Gasteiger charge is -2.38. The van der Waals surface area contributed by atoms with E-state index in [0.717, 1.165) is 12.8 Å². The molecule has 24 heavy (non-hydrogen) atoms. The summed E-state index contributed by atoms with van der Waals surface area (Å²) in [5.74, 6) is 0.357. The summed E-state index contributed by atoms with van der Waals surface area (Å²) in [5, 5.41) is 3.61. The topological polar surface area (TPSA) is 90.6 Å². The Balaban J connectivity index is 1.42. The van der Waals surface area contributed by atoms with E-state index in [4.69, 9.17) is 14.0 Å². The molecule has 0 unspecified atom stereocenters. The lowest BCUT2D eigenvalue weighted by molar-refractivity contribution is -0.0690. The van der Waals surface area contributed by atoms with Gasteiger partial charge in [0.2, 0.25) is 5.76 Å². The second-order valence-corrected chi connectivity index (χ2v) is 5.96. The van der Waals surface area contributed by atoms with E-state index in [0.29, 0.717) is 25.8 Å². The van der Waals surface area contributed by atoms with E-state index in [1.165, 1.54) is 6.20 Å². The first-order valence-corrected chi connectivity index (χ1v) is 8.06. The van der Waals surface area contributed by atoms with Crippen LogP contribution in [0.15, 0.2) is 35.2 Å². The second-order valence-electron chi connectivity index (χ2n) is 5.96. The smallest absolute Gasteiger partial charge is 0.316 e. The number of fused-ring (bicyclic) bond motifs is 1. The molecule has 8 heteroatoms. The van der Waals surface area contributed by atoms with E-state index in [1.54, 1.807) is 24.5 Å². The minimum absolute atomic E-state index is 0.0330. The van der Waals surface area contributed by atoms with Crippen molar-refractivity contribution in [3.63, 3.8) is 0 Å². The molecule has 0 spiro atoms. The molecule has 1 amide bonds. The van der Waals surface area contributed by atoms with Gasteiger partial charge < -0.3 is 18.9 Å². The summed E-state index contributed by atoms with van der Waals surface area (Å²) >= 11 is 0. The van der Waals surface area contributed by atoms with E-state index in [-0.39, 0.29) is 29.7 Å². The van der Waals surface area contributed by atoms with Crippen LogP contribution in [0.5, 0.6) is 6.01 Å². The van der Waals surface area contributed by atoms with Gasteiger partial charge in [0.25, 0.3) is 5.91 Å². The summed E-state index contributed by atoms with van der Waals surface area (Å²) in [6.07, 6.45) is 6.56. The Morgan fingerprint density at radius 3 is 2.96 bits per heavy atom. The molecule has 0 aromatic carbocycles. The Hall–Kier alpha value is -2.48. The van der Waals surface area contributed by atoms with E-state index >= 15 is 0 Å². The van der Waals surface area contributed by atoms with Crippen LogP contribution in [0.2, 0.25) is 0 Å². The van der Waals surface area contributed by atoms with Crippen LogP contribution >= 0.6 is 0 Å². The maximum absolute atomic E-state index is 12.6. The molecule has 1 aliphatic heterocycles. The molecule has 4 rings (SSSR count). The zero-order chi connectivity index (χ0) is 16.4. The standard InChI is InChI=1S/C16H18N4O4/c21-15(13-4-7-19-24-13)20-8-9-22-14-11(2-3-12(14)20)10-23-16-17-5-1-6-18-16/h1,4-7,11-12,14H,2-3,8-10H2/t11-,12+,14-/m1/s1. The van der Waals surface area contributed by atoms with Gasteiger partial charge in [-0.05, 0) is 18.9 Å². The van der Waals surface area contributed by atoms with Crippen LogP contribution in [-0.4, -0.2) is 57.8 Å². The highest BCUT2D eigenvalue weighted by molar-refractivity contribution is 5.91. The van der Waals surface area contributed by atoms with Gasteiger partial charge in [-0.1, -0.05) is 5.16 Å². The second kappa shape index (κ2) is 6.56. The lowest BCUT2D eigenvalue weighted by atomic mass is 10.0. The number of aromatic nitrogens is 3. The number of morpholine rings is 1. The molecule has 2 aliphatic rings. The molecule has 3 heterocycles. The van der Waals surface area contributed by atoms with Gasteiger partial charge in [-0.25, -0.2) is 9.97 Å². The Bertz CT molecular complexity index is 679.